The van der Waals surface area contributed by atoms with Crippen LogP contribution in [0.15, 0.2) is 12.3 Å². The summed E-state index contributed by atoms with van der Waals surface area (Å²) in [5.74, 6) is -0.271. The fraction of sp³-hybridized carbons (Fsp3) is 0.625. The molecule has 1 aliphatic heterocycles. The number of nitrogens with zero attached hydrogens (tertiary/aromatic N) is 2. The average molecular weight is 294 g/mol. The highest BCUT2D eigenvalue weighted by Gasteiger charge is 2.28. The lowest BCUT2D eigenvalue weighted by molar-refractivity contribution is 0.0204. The number of pyridine rings is 1. The number of halogens is 1. The second-order valence-electron chi connectivity index (χ2n) is 6.63. The van der Waals surface area contributed by atoms with E-state index in [1.807, 2.05) is 33.8 Å². The Morgan fingerprint density at radius 3 is 2.57 bits per heavy atom. The molecule has 4 nitrogen and oxygen atoms in total. The van der Waals surface area contributed by atoms with Gasteiger partial charge in [-0.1, -0.05) is 0 Å². The lowest BCUT2D eigenvalue weighted by Crippen LogP contribution is -2.41. The molecule has 116 valence electrons. The normalized spacial score (nSPS) is 16.9. The van der Waals surface area contributed by atoms with E-state index in [9.17, 15) is 9.18 Å². The van der Waals surface area contributed by atoms with Crippen molar-refractivity contribution in [3.05, 3.63) is 29.3 Å². The number of amides is 1. The molecule has 0 aliphatic carbocycles. The van der Waals surface area contributed by atoms with E-state index in [-0.39, 0.29) is 12.0 Å². The maximum absolute atomic E-state index is 13.8. The third-order valence-corrected chi connectivity index (χ3v) is 3.59. The molecular weight excluding hydrogens is 271 g/mol. The van der Waals surface area contributed by atoms with Crippen molar-refractivity contribution in [1.29, 1.82) is 0 Å². The number of hydrogen-bond donors (Lipinski definition) is 0. The highest BCUT2D eigenvalue weighted by molar-refractivity contribution is 5.68. The summed E-state index contributed by atoms with van der Waals surface area (Å²) in [7, 11) is 0. The van der Waals surface area contributed by atoms with E-state index in [4.69, 9.17) is 4.74 Å². The zero-order chi connectivity index (χ0) is 15.6. The van der Waals surface area contributed by atoms with E-state index in [1.54, 1.807) is 4.90 Å². The number of likely N-dealkylation sites (tertiary alicyclic amines) is 1. The summed E-state index contributed by atoms with van der Waals surface area (Å²) in [6, 6.07) is 1.86. The third kappa shape index (κ3) is 4.16. The lowest BCUT2D eigenvalue weighted by Gasteiger charge is -2.33. The van der Waals surface area contributed by atoms with Crippen molar-refractivity contribution in [3.8, 4) is 0 Å². The largest absolute Gasteiger partial charge is 0.444 e. The Morgan fingerprint density at radius 1 is 1.38 bits per heavy atom. The minimum atomic E-state index is -0.486. The zero-order valence-electron chi connectivity index (χ0n) is 13.1. The van der Waals surface area contributed by atoms with Crippen LogP contribution in [0.5, 0.6) is 0 Å². The van der Waals surface area contributed by atoms with Crippen LogP contribution in [-0.4, -0.2) is 34.7 Å². The molecule has 0 bridgehead atoms. The Bertz CT molecular complexity index is 517. The predicted molar refractivity (Wildman–Crippen MR) is 78.7 cm³/mol. The number of hydrogen-bond acceptors (Lipinski definition) is 3. The van der Waals surface area contributed by atoms with Crippen molar-refractivity contribution >= 4 is 6.09 Å². The molecule has 2 rings (SSSR count). The lowest BCUT2D eigenvalue weighted by atomic mass is 9.90. The van der Waals surface area contributed by atoms with Crippen LogP contribution in [0.25, 0.3) is 0 Å². The zero-order valence-corrected chi connectivity index (χ0v) is 13.1. The summed E-state index contributed by atoms with van der Waals surface area (Å²) in [6.07, 6.45) is 2.72. The molecule has 1 saturated heterocycles. The van der Waals surface area contributed by atoms with Crippen LogP contribution < -0.4 is 0 Å². The van der Waals surface area contributed by atoms with E-state index < -0.39 is 11.5 Å². The molecule has 5 heteroatoms. The third-order valence-electron chi connectivity index (χ3n) is 3.59. The Balaban J connectivity index is 1.97. The summed E-state index contributed by atoms with van der Waals surface area (Å²) >= 11 is 0. The van der Waals surface area contributed by atoms with Crippen LogP contribution in [0.2, 0.25) is 0 Å². The first-order valence-electron chi connectivity index (χ1n) is 7.36. The van der Waals surface area contributed by atoms with E-state index in [2.05, 4.69) is 4.98 Å². The molecule has 1 fully saturated rings. The SMILES string of the molecule is Cc1cnc(F)c(C2CCN(C(=O)OC(C)(C)C)CC2)c1. The van der Waals surface area contributed by atoms with Gasteiger partial charge in [0.15, 0.2) is 0 Å². The molecule has 1 aromatic heterocycles. The monoisotopic (exact) mass is 294 g/mol. The number of piperidine rings is 1. The van der Waals surface area contributed by atoms with Gasteiger partial charge < -0.3 is 9.64 Å². The summed E-state index contributed by atoms with van der Waals surface area (Å²) in [5, 5.41) is 0. The van der Waals surface area contributed by atoms with Crippen molar-refractivity contribution in [3.63, 3.8) is 0 Å². The van der Waals surface area contributed by atoms with Gasteiger partial charge >= 0.3 is 6.09 Å². The number of aromatic nitrogens is 1. The highest BCUT2D eigenvalue weighted by atomic mass is 19.1. The smallest absolute Gasteiger partial charge is 0.410 e. The van der Waals surface area contributed by atoms with E-state index >= 15 is 0 Å². The van der Waals surface area contributed by atoms with Crippen molar-refractivity contribution < 1.29 is 13.9 Å². The van der Waals surface area contributed by atoms with Gasteiger partial charge in [0.05, 0.1) is 0 Å². The molecule has 1 aliphatic rings. The Morgan fingerprint density at radius 2 is 2.00 bits per heavy atom. The van der Waals surface area contributed by atoms with E-state index in [1.165, 1.54) is 6.20 Å². The van der Waals surface area contributed by atoms with Crippen LogP contribution >= 0.6 is 0 Å². The van der Waals surface area contributed by atoms with Gasteiger partial charge in [0.25, 0.3) is 0 Å². The molecule has 0 spiro atoms. The number of aryl methyl sites for hydroxylation is 1. The molecular formula is C16H23FN2O2. The molecule has 2 heterocycles. The Labute approximate surface area is 125 Å². The summed E-state index contributed by atoms with van der Waals surface area (Å²) in [6.45, 7) is 8.65. The molecule has 0 aromatic carbocycles. The topological polar surface area (TPSA) is 42.4 Å². The Kier molecular flexibility index (Phi) is 4.49. The first-order valence-corrected chi connectivity index (χ1v) is 7.36. The highest BCUT2D eigenvalue weighted by Crippen LogP contribution is 2.30. The number of rotatable bonds is 1. The van der Waals surface area contributed by atoms with Gasteiger partial charge in [-0.2, -0.15) is 4.39 Å². The van der Waals surface area contributed by atoms with Gasteiger partial charge in [-0.05, 0) is 58.1 Å². The summed E-state index contributed by atoms with van der Waals surface area (Å²) in [5.41, 5.74) is 1.14. The standard InChI is InChI=1S/C16H23FN2O2/c1-11-9-13(14(17)18-10-11)12-5-7-19(8-6-12)15(20)21-16(2,3)4/h9-10,12H,5-8H2,1-4H3. The minimum absolute atomic E-state index is 0.121. The Hall–Kier alpha value is -1.65. The molecule has 21 heavy (non-hydrogen) atoms. The molecule has 0 atom stereocenters. The van der Waals surface area contributed by atoms with E-state index in [0.29, 0.717) is 18.7 Å². The maximum Gasteiger partial charge on any atom is 0.410 e. The van der Waals surface area contributed by atoms with Crippen LogP contribution in [0.1, 0.15) is 50.7 Å². The van der Waals surface area contributed by atoms with Crippen molar-refractivity contribution in [2.45, 2.75) is 52.1 Å². The van der Waals surface area contributed by atoms with Crippen LogP contribution in [0, 0.1) is 12.9 Å². The number of carbonyl (C=O) groups excluding carboxylic acids is 1. The second kappa shape index (κ2) is 6.00. The quantitative estimate of drug-likeness (QED) is 0.743. The molecule has 0 saturated carbocycles. The van der Waals surface area contributed by atoms with Crippen molar-refractivity contribution in [2.75, 3.05) is 13.1 Å². The number of carbonyl (C=O) groups is 1. The fourth-order valence-electron chi connectivity index (χ4n) is 2.56. The summed E-state index contributed by atoms with van der Waals surface area (Å²) < 4.78 is 19.2. The fourth-order valence-corrected chi connectivity index (χ4v) is 2.56. The van der Waals surface area contributed by atoms with Gasteiger partial charge in [-0.3, -0.25) is 0 Å². The van der Waals surface area contributed by atoms with Gasteiger partial charge in [0, 0.05) is 24.8 Å². The van der Waals surface area contributed by atoms with Gasteiger partial charge in [0.2, 0.25) is 5.95 Å². The van der Waals surface area contributed by atoms with Crippen LogP contribution in [0.3, 0.4) is 0 Å². The maximum atomic E-state index is 13.8. The molecule has 0 unspecified atom stereocenters. The second-order valence-corrected chi connectivity index (χ2v) is 6.63. The van der Waals surface area contributed by atoms with Crippen LogP contribution in [0.4, 0.5) is 9.18 Å². The first-order chi connectivity index (χ1) is 9.76. The molecule has 1 aromatic rings. The van der Waals surface area contributed by atoms with Gasteiger partial charge in [-0.25, -0.2) is 9.78 Å². The summed E-state index contributed by atoms with van der Waals surface area (Å²) in [4.78, 5) is 17.5. The number of ether oxygens (including phenoxy) is 1. The van der Waals surface area contributed by atoms with Crippen molar-refractivity contribution in [2.24, 2.45) is 0 Å². The predicted octanol–water partition coefficient (Wildman–Crippen LogP) is 3.64. The average Bonchev–Trinajstić information content (AvgIpc) is 2.40. The first kappa shape index (κ1) is 15.7. The van der Waals surface area contributed by atoms with Gasteiger partial charge in [-0.15, -0.1) is 0 Å². The molecule has 1 amide bonds. The van der Waals surface area contributed by atoms with Gasteiger partial charge in [0.1, 0.15) is 5.60 Å². The van der Waals surface area contributed by atoms with Crippen LogP contribution in [-0.2, 0) is 4.74 Å². The molecule has 0 radical (unpaired) electrons. The van der Waals surface area contributed by atoms with Crippen molar-refractivity contribution in [1.82, 2.24) is 9.88 Å². The molecule has 0 N–H and O–H groups in total. The van der Waals surface area contributed by atoms with E-state index in [0.717, 1.165) is 18.4 Å². The minimum Gasteiger partial charge on any atom is -0.444 e.